The van der Waals surface area contributed by atoms with Crippen LogP contribution in [0.25, 0.3) is 0 Å². The average molecular weight is 331 g/mol. The molecule has 0 fully saturated rings. The molecule has 2 N–H and O–H groups in total. The molecule has 1 amide bonds. The maximum Gasteiger partial charge on any atom is 0.255 e. The minimum atomic E-state index is -0.0997. The molecule has 0 aliphatic rings. The number of hydrogen-bond acceptors (Lipinski definition) is 3. The molecule has 0 unspecified atom stereocenters. The topological polar surface area (TPSA) is 54.0 Å². The Balaban J connectivity index is 1.60. The Bertz CT molecular complexity index is 858. The van der Waals surface area contributed by atoms with E-state index in [1.165, 1.54) is 5.56 Å². The maximum atomic E-state index is 12.3. The average Bonchev–Trinajstić information content (AvgIpc) is 2.64. The molecule has 25 heavy (non-hydrogen) atoms. The summed E-state index contributed by atoms with van der Waals surface area (Å²) in [5.41, 5.74) is 5.69. The first kappa shape index (κ1) is 16.7. The van der Waals surface area contributed by atoms with Crippen LogP contribution < -0.4 is 10.6 Å². The van der Waals surface area contributed by atoms with Crippen molar-refractivity contribution in [3.63, 3.8) is 0 Å². The lowest BCUT2D eigenvalue weighted by molar-refractivity contribution is 0.102. The van der Waals surface area contributed by atoms with Crippen molar-refractivity contribution in [2.45, 2.75) is 20.4 Å². The molecule has 4 heteroatoms. The summed E-state index contributed by atoms with van der Waals surface area (Å²) < 4.78 is 0. The van der Waals surface area contributed by atoms with Crippen LogP contribution in [-0.2, 0) is 6.54 Å². The monoisotopic (exact) mass is 331 g/mol. The molecule has 1 aromatic heterocycles. The van der Waals surface area contributed by atoms with Gasteiger partial charge >= 0.3 is 0 Å². The Labute approximate surface area is 147 Å². The van der Waals surface area contributed by atoms with Crippen molar-refractivity contribution in [3.05, 3.63) is 89.2 Å². The molecule has 0 spiro atoms. The minimum Gasteiger partial charge on any atom is -0.379 e. The lowest BCUT2D eigenvalue weighted by Crippen LogP contribution is -2.12. The third-order valence-corrected chi connectivity index (χ3v) is 4.11. The zero-order valence-corrected chi connectivity index (χ0v) is 14.4. The van der Waals surface area contributed by atoms with Crippen LogP contribution in [0.4, 0.5) is 11.4 Å². The van der Waals surface area contributed by atoms with E-state index in [1.54, 1.807) is 6.20 Å². The molecule has 3 rings (SSSR count). The molecule has 2 aromatic carbocycles. The molecular weight excluding hydrogens is 310 g/mol. The molecule has 1 heterocycles. The fraction of sp³-hybridized carbons (Fsp3) is 0.143. The molecule has 0 aliphatic carbocycles. The summed E-state index contributed by atoms with van der Waals surface area (Å²) in [6, 6.07) is 19.2. The fourth-order valence-corrected chi connectivity index (χ4v) is 2.45. The van der Waals surface area contributed by atoms with Gasteiger partial charge in [0, 0.05) is 23.1 Å². The largest absolute Gasteiger partial charge is 0.379 e. The van der Waals surface area contributed by atoms with Gasteiger partial charge in [0.2, 0.25) is 0 Å². The Morgan fingerprint density at radius 1 is 0.920 bits per heavy atom. The lowest BCUT2D eigenvalue weighted by Gasteiger charge is -2.09. The molecule has 126 valence electrons. The summed E-state index contributed by atoms with van der Waals surface area (Å²) in [5, 5.41) is 6.24. The van der Waals surface area contributed by atoms with Gasteiger partial charge in [-0.3, -0.25) is 9.78 Å². The Hall–Kier alpha value is -3.14. The quantitative estimate of drug-likeness (QED) is 0.720. The number of anilines is 2. The second kappa shape index (κ2) is 7.62. The fourth-order valence-electron chi connectivity index (χ4n) is 2.45. The normalized spacial score (nSPS) is 10.3. The van der Waals surface area contributed by atoms with Crippen LogP contribution in [0, 0.1) is 13.8 Å². The number of rotatable bonds is 5. The van der Waals surface area contributed by atoms with Crippen LogP contribution >= 0.6 is 0 Å². The van der Waals surface area contributed by atoms with Crippen molar-refractivity contribution in [1.82, 2.24) is 4.98 Å². The van der Waals surface area contributed by atoms with Gasteiger partial charge in [-0.15, -0.1) is 0 Å². The summed E-state index contributed by atoms with van der Waals surface area (Å²) in [7, 11) is 0. The summed E-state index contributed by atoms with van der Waals surface area (Å²) >= 11 is 0. The van der Waals surface area contributed by atoms with E-state index in [0.717, 1.165) is 22.6 Å². The van der Waals surface area contributed by atoms with Crippen LogP contribution in [0.1, 0.15) is 27.2 Å². The zero-order valence-electron chi connectivity index (χ0n) is 14.4. The van der Waals surface area contributed by atoms with Gasteiger partial charge in [0.1, 0.15) is 0 Å². The SMILES string of the molecule is Cc1ccc(C(=O)Nc2ccc(NCc3ccccn3)cc2)cc1C. The van der Waals surface area contributed by atoms with Gasteiger partial charge in [-0.05, 0) is 73.5 Å². The number of carbonyl (C=O) groups is 1. The molecule has 0 saturated heterocycles. The minimum absolute atomic E-state index is 0.0997. The summed E-state index contributed by atoms with van der Waals surface area (Å²) in [6.45, 7) is 4.71. The smallest absolute Gasteiger partial charge is 0.255 e. The molecule has 4 nitrogen and oxygen atoms in total. The van der Waals surface area contributed by atoms with E-state index in [0.29, 0.717) is 12.1 Å². The van der Waals surface area contributed by atoms with E-state index in [9.17, 15) is 4.79 Å². The standard InChI is InChI=1S/C21H21N3O/c1-15-6-7-17(13-16(15)2)21(25)24-19-10-8-18(9-11-19)23-14-20-5-3-4-12-22-20/h3-13,23H,14H2,1-2H3,(H,24,25). The molecule has 0 bridgehead atoms. The summed E-state index contributed by atoms with van der Waals surface area (Å²) in [6.07, 6.45) is 1.78. The highest BCUT2D eigenvalue weighted by Crippen LogP contribution is 2.16. The molecule has 3 aromatic rings. The van der Waals surface area contributed by atoms with Gasteiger partial charge in [-0.2, -0.15) is 0 Å². The highest BCUT2D eigenvalue weighted by Gasteiger charge is 2.07. The number of aryl methyl sites for hydroxylation is 2. The van der Waals surface area contributed by atoms with Gasteiger partial charge in [0.15, 0.2) is 0 Å². The number of benzene rings is 2. The lowest BCUT2D eigenvalue weighted by atomic mass is 10.1. The van der Waals surface area contributed by atoms with Crippen molar-refractivity contribution in [3.8, 4) is 0 Å². The van der Waals surface area contributed by atoms with Crippen LogP contribution in [0.2, 0.25) is 0 Å². The van der Waals surface area contributed by atoms with Crippen molar-refractivity contribution in [2.75, 3.05) is 10.6 Å². The summed E-state index contributed by atoms with van der Waals surface area (Å²) in [5.74, 6) is -0.0997. The van der Waals surface area contributed by atoms with Crippen molar-refractivity contribution >= 4 is 17.3 Å². The van der Waals surface area contributed by atoms with Crippen molar-refractivity contribution < 1.29 is 4.79 Å². The van der Waals surface area contributed by atoms with E-state index in [1.807, 2.05) is 74.5 Å². The van der Waals surface area contributed by atoms with E-state index in [2.05, 4.69) is 15.6 Å². The number of hydrogen-bond donors (Lipinski definition) is 2. The Morgan fingerprint density at radius 3 is 2.36 bits per heavy atom. The number of pyridine rings is 1. The molecule has 0 aliphatic heterocycles. The highest BCUT2D eigenvalue weighted by atomic mass is 16.1. The van der Waals surface area contributed by atoms with Crippen molar-refractivity contribution in [2.24, 2.45) is 0 Å². The predicted molar refractivity (Wildman–Crippen MR) is 102 cm³/mol. The van der Waals surface area contributed by atoms with E-state index >= 15 is 0 Å². The predicted octanol–water partition coefficient (Wildman–Crippen LogP) is 4.56. The third kappa shape index (κ3) is 4.44. The van der Waals surface area contributed by atoms with Crippen LogP contribution in [0.3, 0.4) is 0 Å². The van der Waals surface area contributed by atoms with Crippen LogP contribution in [-0.4, -0.2) is 10.9 Å². The third-order valence-electron chi connectivity index (χ3n) is 4.11. The van der Waals surface area contributed by atoms with Gasteiger partial charge in [0.05, 0.1) is 12.2 Å². The molecule has 0 radical (unpaired) electrons. The van der Waals surface area contributed by atoms with Crippen LogP contribution in [0.5, 0.6) is 0 Å². The first-order valence-electron chi connectivity index (χ1n) is 8.24. The molecule has 0 atom stereocenters. The van der Waals surface area contributed by atoms with E-state index in [-0.39, 0.29) is 5.91 Å². The van der Waals surface area contributed by atoms with Crippen molar-refractivity contribution in [1.29, 1.82) is 0 Å². The number of nitrogens with one attached hydrogen (secondary N) is 2. The van der Waals surface area contributed by atoms with E-state index in [4.69, 9.17) is 0 Å². The number of amides is 1. The van der Waals surface area contributed by atoms with Crippen LogP contribution in [0.15, 0.2) is 66.9 Å². The van der Waals surface area contributed by atoms with Gasteiger partial charge in [0.25, 0.3) is 5.91 Å². The van der Waals surface area contributed by atoms with Gasteiger partial charge in [-0.1, -0.05) is 12.1 Å². The Morgan fingerprint density at radius 2 is 1.68 bits per heavy atom. The Kier molecular flexibility index (Phi) is 5.09. The van der Waals surface area contributed by atoms with E-state index < -0.39 is 0 Å². The van der Waals surface area contributed by atoms with Gasteiger partial charge in [-0.25, -0.2) is 0 Å². The second-order valence-electron chi connectivity index (χ2n) is 6.01. The number of aromatic nitrogens is 1. The highest BCUT2D eigenvalue weighted by molar-refractivity contribution is 6.04. The number of carbonyl (C=O) groups excluding carboxylic acids is 1. The first-order chi connectivity index (χ1) is 12.1. The summed E-state index contributed by atoms with van der Waals surface area (Å²) in [4.78, 5) is 16.6. The number of nitrogens with zero attached hydrogens (tertiary/aromatic N) is 1. The zero-order chi connectivity index (χ0) is 17.6. The first-order valence-corrected chi connectivity index (χ1v) is 8.24. The maximum absolute atomic E-state index is 12.3. The second-order valence-corrected chi connectivity index (χ2v) is 6.01. The molecular formula is C21H21N3O. The van der Waals surface area contributed by atoms with Gasteiger partial charge < -0.3 is 10.6 Å². The molecule has 0 saturated carbocycles.